The second-order valence-electron chi connectivity index (χ2n) is 4.03. The standard InChI is InChI=1S/C16H14BrNO2/c1-2-20-16(13-9-6-10-14(17)11-13)18-15(19)12-7-4-3-5-8-12/h3-11H,2H2,1H3/b18-16-. The van der Waals surface area contributed by atoms with Crippen molar-refractivity contribution >= 4 is 27.7 Å². The molecule has 0 fully saturated rings. The highest BCUT2D eigenvalue weighted by atomic mass is 79.9. The van der Waals surface area contributed by atoms with E-state index in [0.29, 0.717) is 18.1 Å². The minimum Gasteiger partial charge on any atom is -0.477 e. The number of benzene rings is 2. The normalized spacial score (nSPS) is 11.2. The van der Waals surface area contributed by atoms with Gasteiger partial charge in [-0.25, -0.2) is 0 Å². The van der Waals surface area contributed by atoms with Crippen LogP contribution in [0.3, 0.4) is 0 Å². The minimum atomic E-state index is -0.311. The molecule has 3 nitrogen and oxygen atoms in total. The number of nitrogens with zero attached hydrogens (tertiary/aromatic N) is 1. The summed E-state index contributed by atoms with van der Waals surface area (Å²) in [5.74, 6) is 0.0247. The molecule has 0 spiro atoms. The van der Waals surface area contributed by atoms with Crippen LogP contribution >= 0.6 is 15.9 Å². The molecule has 4 heteroatoms. The van der Waals surface area contributed by atoms with Gasteiger partial charge in [0.1, 0.15) is 0 Å². The van der Waals surface area contributed by atoms with Gasteiger partial charge in [0.05, 0.1) is 6.61 Å². The van der Waals surface area contributed by atoms with E-state index in [1.54, 1.807) is 12.1 Å². The van der Waals surface area contributed by atoms with Crippen LogP contribution in [0.1, 0.15) is 22.8 Å². The van der Waals surface area contributed by atoms with Gasteiger partial charge in [-0.05, 0) is 37.3 Å². The van der Waals surface area contributed by atoms with Crippen LogP contribution < -0.4 is 0 Å². The number of rotatable bonds is 3. The molecule has 0 atom stereocenters. The van der Waals surface area contributed by atoms with Gasteiger partial charge < -0.3 is 4.74 Å². The van der Waals surface area contributed by atoms with Crippen molar-refractivity contribution < 1.29 is 9.53 Å². The lowest BCUT2D eigenvalue weighted by atomic mass is 10.2. The Morgan fingerprint density at radius 3 is 2.45 bits per heavy atom. The molecule has 2 aromatic rings. The van der Waals surface area contributed by atoms with Crippen LogP contribution in [0.2, 0.25) is 0 Å². The summed E-state index contributed by atoms with van der Waals surface area (Å²) in [4.78, 5) is 16.2. The molecular weight excluding hydrogens is 318 g/mol. The quantitative estimate of drug-likeness (QED) is 0.628. The van der Waals surface area contributed by atoms with Gasteiger partial charge in [-0.3, -0.25) is 4.79 Å². The molecule has 0 radical (unpaired) electrons. The Hall–Kier alpha value is -1.94. The lowest BCUT2D eigenvalue weighted by Crippen LogP contribution is -2.10. The number of ether oxygens (including phenoxy) is 1. The summed E-state index contributed by atoms with van der Waals surface area (Å²) in [6.07, 6.45) is 0. The van der Waals surface area contributed by atoms with Crippen LogP contribution in [0, 0.1) is 0 Å². The van der Waals surface area contributed by atoms with Gasteiger partial charge in [-0.15, -0.1) is 0 Å². The SMILES string of the molecule is CCO/C(=N\C(=O)c1ccccc1)c1cccc(Br)c1. The fourth-order valence-corrected chi connectivity index (χ4v) is 2.08. The number of hydrogen-bond acceptors (Lipinski definition) is 2. The van der Waals surface area contributed by atoms with Crippen LogP contribution in [0.25, 0.3) is 0 Å². The first-order valence-corrected chi connectivity index (χ1v) is 7.07. The topological polar surface area (TPSA) is 38.7 Å². The van der Waals surface area contributed by atoms with Crippen molar-refractivity contribution in [1.29, 1.82) is 0 Å². The first-order valence-electron chi connectivity index (χ1n) is 6.27. The first kappa shape index (κ1) is 14.5. The summed E-state index contributed by atoms with van der Waals surface area (Å²) in [5.41, 5.74) is 1.31. The molecule has 0 saturated heterocycles. The van der Waals surface area contributed by atoms with E-state index >= 15 is 0 Å². The van der Waals surface area contributed by atoms with Crippen molar-refractivity contribution in [3.63, 3.8) is 0 Å². The molecule has 2 rings (SSSR count). The molecule has 2 aromatic carbocycles. The maximum absolute atomic E-state index is 12.1. The Balaban J connectivity index is 2.33. The average molecular weight is 332 g/mol. The summed E-state index contributed by atoms with van der Waals surface area (Å²) in [5, 5.41) is 0. The van der Waals surface area contributed by atoms with Crippen LogP contribution in [0.4, 0.5) is 0 Å². The third kappa shape index (κ3) is 3.78. The van der Waals surface area contributed by atoms with Gasteiger partial charge in [0.2, 0.25) is 5.90 Å². The van der Waals surface area contributed by atoms with Gasteiger partial charge >= 0.3 is 0 Å². The van der Waals surface area contributed by atoms with Gasteiger partial charge in [-0.2, -0.15) is 4.99 Å². The molecule has 0 aliphatic heterocycles. The van der Waals surface area contributed by atoms with Gasteiger partial charge in [0.25, 0.3) is 5.91 Å². The van der Waals surface area contributed by atoms with E-state index in [0.717, 1.165) is 10.0 Å². The average Bonchev–Trinajstić information content (AvgIpc) is 2.47. The Kier molecular flexibility index (Phi) is 5.07. The fraction of sp³-hybridized carbons (Fsp3) is 0.125. The maximum atomic E-state index is 12.1. The lowest BCUT2D eigenvalue weighted by molar-refractivity contribution is 0.0999. The Labute approximate surface area is 126 Å². The number of aliphatic imine (C=N–C) groups is 1. The van der Waals surface area contributed by atoms with Gasteiger partial charge in [0, 0.05) is 15.6 Å². The Morgan fingerprint density at radius 2 is 1.80 bits per heavy atom. The van der Waals surface area contributed by atoms with Crippen molar-refractivity contribution in [3.05, 3.63) is 70.2 Å². The van der Waals surface area contributed by atoms with E-state index in [9.17, 15) is 4.79 Å². The highest BCUT2D eigenvalue weighted by molar-refractivity contribution is 9.10. The summed E-state index contributed by atoms with van der Waals surface area (Å²) >= 11 is 3.40. The van der Waals surface area contributed by atoms with Gasteiger partial charge in [0.15, 0.2) is 0 Å². The first-order chi connectivity index (χ1) is 9.70. The van der Waals surface area contributed by atoms with E-state index in [2.05, 4.69) is 20.9 Å². The number of amides is 1. The van der Waals surface area contributed by atoms with Crippen molar-refractivity contribution in [2.45, 2.75) is 6.92 Å². The van der Waals surface area contributed by atoms with Crippen molar-refractivity contribution in [2.75, 3.05) is 6.61 Å². The van der Waals surface area contributed by atoms with Crippen molar-refractivity contribution in [2.24, 2.45) is 4.99 Å². The summed E-state index contributed by atoms with van der Waals surface area (Å²) in [7, 11) is 0. The van der Waals surface area contributed by atoms with Crippen LogP contribution in [0.5, 0.6) is 0 Å². The molecule has 0 aliphatic rings. The van der Waals surface area contributed by atoms with E-state index < -0.39 is 0 Å². The molecular formula is C16H14BrNO2. The van der Waals surface area contributed by atoms with Crippen LogP contribution in [-0.2, 0) is 4.74 Å². The molecule has 20 heavy (non-hydrogen) atoms. The fourth-order valence-electron chi connectivity index (χ4n) is 1.68. The Morgan fingerprint density at radius 1 is 1.10 bits per heavy atom. The van der Waals surface area contributed by atoms with Crippen molar-refractivity contribution in [3.8, 4) is 0 Å². The van der Waals surface area contributed by atoms with Crippen molar-refractivity contribution in [1.82, 2.24) is 0 Å². The number of carbonyl (C=O) groups excluding carboxylic acids is 1. The predicted octanol–water partition coefficient (Wildman–Crippen LogP) is 4.07. The minimum absolute atomic E-state index is 0.311. The maximum Gasteiger partial charge on any atom is 0.280 e. The zero-order chi connectivity index (χ0) is 14.4. The Bertz CT molecular complexity index is 623. The summed E-state index contributed by atoms with van der Waals surface area (Å²) < 4.78 is 6.40. The summed E-state index contributed by atoms with van der Waals surface area (Å²) in [6, 6.07) is 16.5. The highest BCUT2D eigenvalue weighted by Crippen LogP contribution is 2.14. The number of halogens is 1. The second-order valence-corrected chi connectivity index (χ2v) is 4.95. The highest BCUT2D eigenvalue weighted by Gasteiger charge is 2.10. The van der Waals surface area contributed by atoms with Crippen LogP contribution in [-0.4, -0.2) is 18.4 Å². The molecule has 0 aromatic heterocycles. The van der Waals surface area contributed by atoms with E-state index in [4.69, 9.17) is 4.74 Å². The molecule has 0 heterocycles. The number of hydrogen-bond donors (Lipinski definition) is 0. The third-order valence-corrected chi connectivity index (χ3v) is 3.07. The van der Waals surface area contributed by atoms with Gasteiger partial charge in [-0.1, -0.05) is 40.2 Å². The van der Waals surface area contributed by atoms with E-state index in [1.807, 2.05) is 49.4 Å². The second kappa shape index (κ2) is 7.01. The molecule has 102 valence electrons. The van der Waals surface area contributed by atoms with E-state index in [-0.39, 0.29) is 5.91 Å². The smallest absolute Gasteiger partial charge is 0.280 e. The predicted molar refractivity (Wildman–Crippen MR) is 83.1 cm³/mol. The molecule has 0 bridgehead atoms. The molecule has 0 unspecified atom stereocenters. The monoisotopic (exact) mass is 331 g/mol. The zero-order valence-corrected chi connectivity index (χ0v) is 12.6. The van der Waals surface area contributed by atoms with Crippen LogP contribution in [0.15, 0.2) is 64.1 Å². The molecule has 0 N–H and O–H groups in total. The lowest BCUT2D eigenvalue weighted by Gasteiger charge is -2.07. The zero-order valence-electron chi connectivity index (χ0n) is 11.0. The molecule has 0 saturated carbocycles. The third-order valence-electron chi connectivity index (χ3n) is 2.58. The number of carbonyl (C=O) groups is 1. The molecule has 1 amide bonds. The summed E-state index contributed by atoms with van der Waals surface area (Å²) in [6.45, 7) is 2.31. The van der Waals surface area contributed by atoms with E-state index in [1.165, 1.54) is 0 Å². The molecule has 0 aliphatic carbocycles. The largest absolute Gasteiger partial charge is 0.477 e.